The van der Waals surface area contributed by atoms with Crippen molar-refractivity contribution in [3.8, 4) is 0 Å². The zero-order valence-electron chi connectivity index (χ0n) is 18.0. The Morgan fingerprint density at radius 3 is 2.19 bits per heavy atom. The minimum atomic E-state index is -0.855. The van der Waals surface area contributed by atoms with Crippen LogP contribution in [0.4, 0.5) is 16.2 Å². The number of hydrogen-bond acceptors (Lipinski definition) is 3. The van der Waals surface area contributed by atoms with Gasteiger partial charge in [0.1, 0.15) is 5.54 Å². The van der Waals surface area contributed by atoms with Crippen molar-refractivity contribution in [2.24, 2.45) is 0 Å². The summed E-state index contributed by atoms with van der Waals surface area (Å²) >= 11 is 0. The van der Waals surface area contributed by atoms with Gasteiger partial charge in [-0.1, -0.05) is 43.2 Å². The molecule has 1 heterocycles. The molecule has 164 valence electrons. The molecule has 6 nitrogen and oxygen atoms in total. The highest BCUT2D eigenvalue weighted by atomic mass is 16.2. The van der Waals surface area contributed by atoms with Gasteiger partial charge in [-0.2, -0.15) is 0 Å². The molecule has 1 saturated heterocycles. The summed E-state index contributed by atoms with van der Waals surface area (Å²) in [6, 6.07) is 17.5. The Balaban J connectivity index is 1.35. The monoisotopic (exact) mass is 420 g/mol. The highest BCUT2D eigenvalue weighted by Gasteiger charge is 2.42. The molecule has 1 aliphatic carbocycles. The van der Waals surface area contributed by atoms with Crippen molar-refractivity contribution in [1.82, 2.24) is 10.6 Å². The lowest BCUT2D eigenvalue weighted by Crippen LogP contribution is -2.57. The van der Waals surface area contributed by atoms with E-state index in [0.29, 0.717) is 19.4 Å². The molecule has 3 N–H and O–H groups in total. The zero-order chi connectivity index (χ0) is 21.5. The molecule has 6 heteroatoms. The van der Waals surface area contributed by atoms with Gasteiger partial charge in [-0.25, -0.2) is 4.79 Å². The first-order chi connectivity index (χ1) is 15.1. The van der Waals surface area contributed by atoms with Crippen LogP contribution in [0.15, 0.2) is 54.6 Å². The minimum Gasteiger partial charge on any atom is -0.372 e. The summed E-state index contributed by atoms with van der Waals surface area (Å²) in [5.74, 6) is -0.134. The number of piperidine rings is 1. The van der Waals surface area contributed by atoms with Gasteiger partial charge in [-0.05, 0) is 61.9 Å². The number of anilines is 2. The third kappa shape index (κ3) is 5.37. The Morgan fingerprint density at radius 1 is 0.839 bits per heavy atom. The van der Waals surface area contributed by atoms with E-state index in [4.69, 9.17) is 0 Å². The predicted octanol–water partition coefficient (Wildman–Crippen LogP) is 4.43. The fraction of sp³-hybridized carbons (Fsp3) is 0.440. The van der Waals surface area contributed by atoms with E-state index in [1.165, 1.54) is 24.9 Å². The molecule has 3 amide bonds. The number of rotatable bonds is 6. The first kappa shape index (κ1) is 21.2. The maximum atomic E-state index is 13.2. The van der Waals surface area contributed by atoms with Gasteiger partial charge in [-0.3, -0.25) is 4.79 Å². The van der Waals surface area contributed by atoms with Gasteiger partial charge < -0.3 is 20.9 Å². The molecule has 0 atom stereocenters. The molecule has 2 aromatic rings. The Bertz CT molecular complexity index is 870. The number of carbonyl (C=O) groups is 2. The highest BCUT2D eigenvalue weighted by molar-refractivity contribution is 6.00. The van der Waals surface area contributed by atoms with Crippen LogP contribution in [-0.4, -0.2) is 30.6 Å². The maximum absolute atomic E-state index is 13.2. The van der Waals surface area contributed by atoms with Crippen molar-refractivity contribution in [2.45, 2.75) is 57.0 Å². The van der Waals surface area contributed by atoms with Crippen molar-refractivity contribution in [2.75, 3.05) is 23.3 Å². The molecule has 0 radical (unpaired) electrons. The minimum absolute atomic E-state index is 0.134. The van der Waals surface area contributed by atoms with E-state index in [0.717, 1.165) is 37.2 Å². The quantitative estimate of drug-likeness (QED) is 0.647. The fourth-order valence-electron chi connectivity index (χ4n) is 4.59. The van der Waals surface area contributed by atoms with Gasteiger partial charge in [0.15, 0.2) is 0 Å². The fourth-order valence-corrected chi connectivity index (χ4v) is 4.59. The van der Waals surface area contributed by atoms with E-state index >= 15 is 0 Å². The Morgan fingerprint density at radius 2 is 1.52 bits per heavy atom. The molecule has 0 bridgehead atoms. The second-order valence-electron chi connectivity index (χ2n) is 8.63. The lowest BCUT2D eigenvalue weighted by atomic mass is 9.96. The lowest BCUT2D eigenvalue weighted by molar-refractivity contribution is -0.121. The van der Waals surface area contributed by atoms with Crippen LogP contribution in [-0.2, 0) is 11.3 Å². The molecular formula is C25H32N4O2. The average Bonchev–Trinajstić information content (AvgIpc) is 3.29. The molecule has 31 heavy (non-hydrogen) atoms. The molecule has 1 aliphatic heterocycles. The van der Waals surface area contributed by atoms with Gasteiger partial charge >= 0.3 is 6.03 Å². The van der Waals surface area contributed by atoms with E-state index in [2.05, 4.69) is 33.0 Å². The third-order valence-corrected chi connectivity index (χ3v) is 6.39. The molecule has 4 rings (SSSR count). The first-order valence-electron chi connectivity index (χ1n) is 11.4. The third-order valence-electron chi connectivity index (χ3n) is 6.39. The zero-order valence-corrected chi connectivity index (χ0v) is 18.0. The van der Waals surface area contributed by atoms with Gasteiger partial charge in [0.25, 0.3) is 0 Å². The van der Waals surface area contributed by atoms with Crippen molar-refractivity contribution in [3.05, 3.63) is 60.2 Å². The molecule has 1 saturated carbocycles. The van der Waals surface area contributed by atoms with Crippen LogP contribution < -0.4 is 20.9 Å². The Hall–Kier alpha value is -3.02. The second-order valence-corrected chi connectivity index (χ2v) is 8.63. The van der Waals surface area contributed by atoms with Crippen molar-refractivity contribution < 1.29 is 9.59 Å². The van der Waals surface area contributed by atoms with Crippen molar-refractivity contribution in [3.63, 3.8) is 0 Å². The number of amides is 3. The van der Waals surface area contributed by atoms with Crippen molar-refractivity contribution in [1.29, 1.82) is 0 Å². The number of nitrogens with zero attached hydrogens (tertiary/aromatic N) is 1. The molecule has 2 aliphatic rings. The summed E-state index contributed by atoms with van der Waals surface area (Å²) in [6.45, 7) is 2.62. The van der Waals surface area contributed by atoms with Crippen LogP contribution in [0.3, 0.4) is 0 Å². The SMILES string of the molecule is O=C(NCc1ccccc1)NC1(C(=O)Nc2ccc(N3CCCCC3)cc2)CCCC1. The van der Waals surface area contributed by atoms with E-state index in [9.17, 15) is 9.59 Å². The molecule has 0 unspecified atom stereocenters. The van der Waals surface area contributed by atoms with Crippen LogP contribution in [0.1, 0.15) is 50.5 Å². The van der Waals surface area contributed by atoms with Gasteiger partial charge in [0, 0.05) is 31.0 Å². The summed E-state index contributed by atoms with van der Waals surface area (Å²) in [6.07, 6.45) is 6.95. The van der Waals surface area contributed by atoms with E-state index in [1.54, 1.807) is 0 Å². The van der Waals surface area contributed by atoms with Crippen LogP contribution in [0, 0.1) is 0 Å². The van der Waals surface area contributed by atoms with Crippen LogP contribution in [0.25, 0.3) is 0 Å². The summed E-state index contributed by atoms with van der Waals surface area (Å²) in [4.78, 5) is 28.1. The molecule has 2 aromatic carbocycles. The van der Waals surface area contributed by atoms with E-state index in [-0.39, 0.29) is 11.9 Å². The average molecular weight is 421 g/mol. The van der Waals surface area contributed by atoms with Gasteiger partial charge in [0.2, 0.25) is 5.91 Å². The van der Waals surface area contributed by atoms with Gasteiger partial charge in [0.05, 0.1) is 0 Å². The van der Waals surface area contributed by atoms with E-state index < -0.39 is 5.54 Å². The van der Waals surface area contributed by atoms with E-state index in [1.807, 2.05) is 42.5 Å². The summed E-state index contributed by atoms with van der Waals surface area (Å²) < 4.78 is 0. The Labute approximate surface area is 184 Å². The summed E-state index contributed by atoms with van der Waals surface area (Å²) in [7, 11) is 0. The number of nitrogens with one attached hydrogen (secondary N) is 3. The van der Waals surface area contributed by atoms with Gasteiger partial charge in [-0.15, -0.1) is 0 Å². The largest absolute Gasteiger partial charge is 0.372 e. The first-order valence-corrected chi connectivity index (χ1v) is 11.4. The van der Waals surface area contributed by atoms with Crippen LogP contribution in [0.5, 0.6) is 0 Å². The number of urea groups is 1. The predicted molar refractivity (Wildman–Crippen MR) is 124 cm³/mol. The number of carbonyl (C=O) groups excluding carboxylic acids is 2. The normalized spacial score (nSPS) is 17.7. The lowest BCUT2D eigenvalue weighted by Gasteiger charge is -2.30. The second kappa shape index (κ2) is 9.86. The highest BCUT2D eigenvalue weighted by Crippen LogP contribution is 2.31. The number of benzene rings is 2. The molecule has 2 fully saturated rings. The topological polar surface area (TPSA) is 73.5 Å². The van der Waals surface area contributed by atoms with Crippen molar-refractivity contribution >= 4 is 23.3 Å². The molecule has 0 aromatic heterocycles. The smallest absolute Gasteiger partial charge is 0.315 e. The van der Waals surface area contributed by atoms with Crippen LogP contribution >= 0.6 is 0 Å². The summed E-state index contributed by atoms with van der Waals surface area (Å²) in [5.41, 5.74) is 2.14. The summed E-state index contributed by atoms with van der Waals surface area (Å²) in [5, 5.41) is 8.89. The maximum Gasteiger partial charge on any atom is 0.315 e. The number of hydrogen-bond donors (Lipinski definition) is 3. The molecular weight excluding hydrogens is 388 g/mol. The Kier molecular flexibility index (Phi) is 6.75. The standard InChI is InChI=1S/C25H32N4O2/c30-23(27-21-11-13-22(14-12-21)29-17-7-2-8-18-29)25(15-5-6-16-25)28-24(31)26-19-20-9-3-1-4-10-20/h1,3-4,9-14H,2,5-8,15-19H2,(H,27,30)(H2,26,28,31). The van der Waals surface area contributed by atoms with Crippen LogP contribution in [0.2, 0.25) is 0 Å². The molecule has 0 spiro atoms.